The average Bonchev–Trinajstić information content (AvgIpc) is 3.48. The van der Waals surface area contributed by atoms with Gasteiger partial charge >= 0.3 is 0 Å². The maximum Gasteiger partial charge on any atom is 0.0854 e. The van der Waals surface area contributed by atoms with E-state index in [4.69, 9.17) is 4.74 Å². The van der Waals surface area contributed by atoms with E-state index in [1.54, 1.807) is 0 Å². The summed E-state index contributed by atoms with van der Waals surface area (Å²) in [5.41, 5.74) is 5.27. The van der Waals surface area contributed by atoms with Gasteiger partial charge in [0.25, 0.3) is 0 Å². The van der Waals surface area contributed by atoms with E-state index in [-0.39, 0.29) is 18.8 Å². The van der Waals surface area contributed by atoms with Crippen molar-refractivity contribution in [3.05, 3.63) is 68.3 Å². The zero-order chi connectivity index (χ0) is 18.1. The van der Waals surface area contributed by atoms with Crippen LogP contribution in [0.4, 0.5) is 0 Å². The van der Waals surface area contributed by atoms with Crippen LogP contribution < -0.4 is 0 Å². The highest BCUT2D eigenvalue weighted by Gasteiger charge is 2.31. The van der Waals surface area contributed by atoms with E-state index in [2.05, 4.69) is 65.1 Å². The van der Waals surface area contributed by atoms with Gasteiger partial charge in [0, 0.05) is 16.4 Å². The monoisotopic (exact) mass is 464 g/mol. The minimum absolute atomic E-state index is 0.0385. The van der Waals surface area contributed by atoms with Gasteiger partial charge in [-0.25, -0.2) is 0 Å². The summed E-state index contributed by atoms with van der Waals surface area (Å²) in [6.07, 6.45) is 3.79. The average molecular weight is 464 g/mol. The number of hydrogen-bond donors (Lipinski definition) is 2. The van der Waals surface area contributed by atoms with Crippen LogP contribution in [0.15, 0.2) is 42.5 Å². The van der Waals surface area contributed by atoms with Gasteiger partial charge in [0.2, 0.25) is 0 Å². The fourth-order valence-electron chi connectivity index (χ4n) is 3.92. The van der Waals surface area contributed by atoms with Crippen molar-refractivity contribution in [2.24, 2.45) is 0 Å². The summed E-state index contributed by atoms with van der Waals surface area (Å²) in [6.45, 7) is -0.0385. The van der Waals surface area contributed by atoms with E-state index in [0.717, 1.165) is 12.0 Å². The van der Waals surface area contributed by atoms with Crippen molar-refractivity contribution in [3.8, 4) is 0 Å². The Labute approximate surface area is 168 Å². The number of aliphatic hydroxyl groups excluding tert-OH is 2. The first-order valence-electron chi connectivity index (χ1n) is 9.44. The highest BCUT2D eigenvalue weighted by Crippen LogP contribution is 2.43. The SMILES string of the molecule is OC[C@@H]1C[C@H](O)C[C@H](c2ccc(C3CC3)c(Cc3ccc(I)cc3)c2)O1. The third-order valence-corrected chi connectivity index (χ3v) is 6.16. The van der Waals surface area contributed by atoms with Crippen molar-refractivity contribution in [2.75, 3.05) is 6.61 Å². The van der Waals surface area contributed by atoms with Crippen LogP contribution in [-0.4, -0.2) is 29.0 Å². The van der Waals surface area contributed by atoms with Crippen LogP contribution in [-0.2, 0) is 11.2 Å². The number of ether oxygens (including phenoxy) is 1. The second kappa shape index (κ2) is 7.97. The first-order chi connectivity index (χ1) is 12.6. The zero-order valence-electron chi connectivity index (χ0n) is 14.8. The lowest BCUT2D eigenvalue weighted by Crippen LogP contribution is -2.33. The number of aliphatic hydroxyl groups is 2. The lowest BCUT2D eigenvalue weighted by atomic mass is 9.90. The summed E-state index contributed by atoms with van der Waals surface area (Å²) in [5, 5.41) is 19.6. The number of hydrogen-bond acceptors (Lipinski definition) is 3. The third-order valence-electron chi connectivity index (χ3n) is 5.45. The number of rotatable bonds is 5. The van der Waals surface area contributed by atoms with E-state index in [0.29, 0.717) is 18.8 Å². The Kier molecular flexibility index (Phi) is 5.64. The van der Waals surface area contributed by atoms with Gasteiger partial charge in [0.1, 0.15) is 0 Å². The molecular weight excluding hydrogens is 439 g/mol. The van der Waals surface area contributed by atoms with Gasteiger partial charge in [-0.2, -0.15) is 0 Å². The molecule has 1 saturated carbocycles. The van der Waals surface area contributed by atoms with E-state index >= 15 is 0 Å². The Balaban J connectivity index is 1.61. The molecule has 4 heteroatoms. The van der Waals surface area contributed by atoms with E-state index < -0.39 is 6.10 Å². The second-order valence-corrected chi connectivity index (χ2v) is 8.84. The minimum Gasteiger partial charge on any atom is -0.394 e. The molecule has 26 heavy (non-hydrogen) atoms. The first kappa shape index (κ1) is 18.4. The topological polar surface area (TPSA) is 49.7 Å². The molecule has 0 spiro atoms. The van der Waals surface area contributed by atoms with Crippen molar-refractivity contribution in [1.29, 1.82) is 0 Å². The molecular formula is C22H25IO3. The predicted octanol–water partition coefficient (Wildman–Crippen LogP) is 4.33. The normalized spacial score (nSPS) is 26.0. The quantitative estimate of drug-likeness (QED) is 0.648. The molecule has 0 radical (unpaired) electrons. The fraction of sp³-hybridized carbons (Fsp3) is 0.455. The summed E-state index contributed by atoms with van der Waals surface area (Å²) >= 11 is 2.34. The first-order valence-corrected chi connectivity index (χ1v) is 10.5. The van der Waals surface area contributed by atoms with Crippen LogP contribution >= 0.6 is 22.6 Å². The highest BCUT2D eigenvalue weighted by molar-refractivity contribution is 14.1. The molecule has 2 aliphatic rings. The number of benzene rings is 2. The largest absolute Gasteiger partial charge is 0.394 e. The van der Waals surface area contributed by atoms with Crippen LogP contribution in [0.5, 0.6) is 0 Å². The molecule has 2 fully saturated rings. The summed E-state index contributed by atoms with van der Waals surface area (Å²) < 4.78 is 7.27. The van der Waals surface area contributed by atoms with Gasteiger partial charge in [0.05, 0.1) is 24.9 Å². The Morgan fingerprint density at radius 1 is 1.04 bits per heavy atom. The van der Waals surface area contributed by atoms with Crippen LogP contribution in [0.25, 0.3) is 0 Å². The van der Waals surface area contributed by atoms with Crippen LogP contribution in [0.3, 0.4) is 0 Å². The number of halogens is 1. The van der Waals surface area contributed by atoms with Gasteiger partial charge in [-0.3, -0.25) is 0 Å². The van der Waals surface area contributed by atoms with Gasteiger partial charge < -0.3 is 14.9 Å². The Hall–Kier alpha value is -0.950. The summed E-state index contributed by atoms with van der Waals surface area (Å²) in [6, 6.07) is 15.4. The molecule has 0 unspecified atom stereocenters. The maximum atomic E-state index is 10.1. The molecule has 0 amide bonds. The van der Waals surface area contributed by atoms with Crippen LogP contribution in [0, 0.1) is 3.57 Å². The van der Waals surface area contributed by atoms with Gasteiger partial charge in [0.15, 0.2) is 0 Å². The molecule has 0 bridgehead atoms. The Bertz CT molecular complexity index is 754. The minimum atomic E-state index is -0.409. The predicted molar refractivity (Wildman–Crippen MR) is 110 cm³/mol. The van der Waals surface area contributed by atoms with Crippen molar-refractivity contribution < 1.29 is 14.9 Å². The molecule has 3 atom stereocenters. The molecule has 1 aliphatic heterocycles. The van der Waals surface area contributed by atoms with Crippen molar-refractivity contribution >= 4 is 22.6 Å². The highest BCUT2D eigenvalue weighted by atomic mass is 127. The Morgan fingerprint density at radius 2 is 1.81 bits per heavy atom. The summed E-state index contributed by atoms with van der Waals surface area (Å²) in [7, 11) is 0. The van der Waals surface area contributed by atoms with Gasteiger partial charge in [-0.15, -0.1) is 0 Å². The second-order valence-electron chi connectivity index (χ2n) is 7.59. The lowest BCUT2D eigenvalue weighted by Gasteiger charge is -2.33. The molecule has 1 saturated heterocycles. The molecule has 1 heterocycles. The summed E-state index contributed by atoms with van der Waals surface area (Å²) in [4.78, 5) is 0. The smallest absolute Gasteiger partial charge is 0.0854 e. The van der Waals surface area contributed by atoms with Gasteiger partial charge in [-0.1, -0.05) is 30.3 Å². The maximum absolute atomic E-state index is 10.1. The van der Waals surface area contributed by atoms with E-state index in [9.17, 15) is 10.2 Å². The molecule has 138 valence electrons. The summed E-state index contributed by atoms with van der Waals surface area (Å²) in [5.74, 6) is 0.700. The van der Waals surface area contributed by atoms with Crippen LogP contribution in [0.2, 0.25) is 0 Å². The lowest BCUT2D eigenvalue weighted by molar-refractivity contribution is -0.113. The van der Waals surface area contributed by atoms with Gasteiger partial charge in [-0.05, 0) is 82.2 Å². The zero-order valence-corrected chi connectivity index (χ0v) is 16.9. The molecule has 1 aliphatic carbocycles. The molecule has 0 aromatic heterocycles. The molecule has 4 rings (SSSR count). The van der Waals surface area contributed by atoms with Crippen molar-refractivity contribution in [3.63, 3.8) is 0 Å². The van der Waals surface area contributed by atoms with E-state index in [1.807, 2.05) is 0 Å². The molecule has 2 aromatic rings. The Morgan fingerprint density at radius 3 is 2.50 bits per heavy atom. The fourth-order valence-corrected chi connectivity index (χ4v) is 4.28. The molecule has 3 nitrogen and oxygen atoms in total. The molecule has 2 aromatic carbocycles. The van der Waals surface area contributed by atoms with Crippen molar-refractivity contribution in [2.45, 2.75) is 56.3 Å². The van der Waals surface area contributed by atoms with E-state index in [1.165, 1.54) is 33.1 Å². The van der Waals surface area contributed by atoms with Crippen LogP contribution in [0.1, 0.15) is 60.0 Å². The molecule has 2 N–H and O–H groups in total. The third kappa shape index (κ3) is 4.30. The standard InChI is InChI=1S/C22H25IO3/c23-18-6-1-14(2-7-18)9-17-10-16(5-8-21(17)15-3-4-15)22-12-19(25)11-20(13-24)26-22/h1-2,5-8,10,15,19-20,22,24-25H,3-4,9,11-13H2/t19-,20-,22+/m0/s1. The van der Waals surface area contributed by atoms with Crippen molar-refractivity contribution in [1.82, 2.24) is 0 Å².